The number of guanidine groups is 1. The van der Waals surface area contributed by atoms with Gasteiger partial charge in [0.05, 0.1) is 20.2 Å². The normalized spacial score (nSPS) is 11.0. The first-order valence-electron chi connectivity index (χ1n) is 7.63. The highest BCUT2D eigenvalue weighted by molar-refractivity contribution is 14.0. The fourth-order valence-electron chi connectivity index (χ4n) is 2.09. The van der Waals surface area contributed by atoms with E-state index in [0.717, 1.165) is 11.4 Å². The highest BCUT2D eigenvalue weighted by Crippen LogP contribution is 2.15. The molecule has 0 aliphatic rings. The standard InChI is InChI=1S/C16H22N4O3S.HI/c1-5-12-8-18-14(24-12)9-20-16(17-3)19-7-11-6-13(10(2)23-11)15(21)22-4;/h6,8H,5,7,9H2,1-4H3,(H2,17,19,20);1H. The minimum atomic E-state index is -0.402. The lowest BCUT2D eigenvalue weighted by Gasteiger charge is -2.09. The third kappa shape index (κ3) is 5.99. The molecule has 138 valence electrons. The van der Waals surface area contributed by atoms with Crippen LogP contribution < -0.4 is 10.6 Å². The summed E-state index contributed by atoms with van der Waals surface area (Å²) in [4.78, 5) is 21.4. The molecular weight excluding hydrogens is 455 g/mol. The largest absolute Gasteiger partial charge is 0.465 e. The average molecular weight is 478 g/mol. The van der Waals surface area contributed by atoms with E-state index in [1.165, 1.54) is 12.0 Å². The number of nitrogens with zero attached hydrogens (tertiary/aromatic N) is 2. The maximum Gasteiger partial charge on any atom is 0.341 e. The second kappa shape index (κ2) is 10.4. The number of nitrogens with one attached hydrogen (secondary N) is 2. The van der Waals surface area contributed by atoms with Crippen LogP contribution in [0.25, 0.3) is 0 Å². The van der Waals surface area contributed by atoms with Crippen LogP contribution in [0.3, 0.4) is 0 Å². The van der Waals surface area contributed by atoms with E-state index in [2.05, 4.69) is 27.5 Å². The molecule has 0 saturated heterocycles. The van der Waals surface area contributed by atoms with Crippen molar-refractivity contribution < 1.29 is 13.9 Å². The first-order valence-corrected chi connectivity index (χ1v) is 8.44. The molecule has 25 heavy (non-hydrogen) atoms. The SMILES string of the molecule is CCc1cnc(CNC(=NC)NCc2cc(C(=O)OC)c(C)o2)s1.I. The molecule has 0 amide bonds. The van der Waals surface area contributed by atoms with Crippen molar-refractivity contribution in [1.29, 1.82) is 0 Å². The van der Waals surface area contributed by atoms with E-state index in [1.807, 2.05) is 6.20 Å². The molecule has 0 aliphatic heterocycles. The lowest BCUT2D eigenvalue weighted by atomic mass is 10.2. The zero-order valence-electron chi connectivity index (χ0n) is 14.7. The van der Waals surface area contributed by atoms with Gasteiger partial charge >= 0.3 is 5.97 Å². The highest BCUT2D eigenvalue weighted by atomic mass is 127. The molecule has 0 fully saturated rings. The topological polar surface area (TPSA) is 88.8 Å². The van der Waals surface area contributed by atoms with Crippen LogP contribution in [-0.2, 0) is 24.2 Å². The van der Waals surface area contributed by atoms with Crippen LogP contribution in [0.15, 0.2) is 21.7 Å². The van der Waals surface area contributed by atoms with E-state index in [-0.39, 0.29) is 24.0 Å². The number of methoxy groups -OCH3 is 1. The summed E-state index contributed by atoms with van der Waals surface area (Å²) in [6.45, 7) is 4.86. The fourth-order valence-corrected chi connectivity index (χ4v) is 2.89. The van der Waals surface area contributed by atoms with Gasteiger partial charge < -0.3 is 19.8 Å². The van der Waals surface area contributed by atoms with Crippen molar-refractivity contribution in [2.75, 3.05) is 14.2 Å². The number of halogens is 1. The third-order valence-electron chi connectivity index (χ3n) is 3.38. The molecule has 2 aromatic rings. The summed E-state index contributed by atoms with van der Waals surface area (Å²) in [6, 6.07) is 1.68. The maximum atomic E-state index is 11.6. The number of esters is 1. The summed E-state index contributed by atoms with van der Waals surface area (Å²) in [7, 11) is 3.04. The van der Waals surface area contributed by atoms with Crippen LogP contribution in [0.4, 0.5) is 0 Å². The van der Waals surface area contributed by atoms with Crippen molar-refractivity contribution in [3.05, 3.63) is 39.2 Å². The van der Waals surface area contributed by atoms with Gasteiger partial charge in [0.1, 0.15) is 22.1 Å². The number of thiazole rings is 1. The first kappa shape index (κ1) is 21.4. The van der Waals surface area contributed by atoms with E-state index in [9.17, 15) is 4.79 Å². The molecule has 0 spiro atoms. The van der Waals surface area contributed by atoms with Gasteiger partial charge in [-0.3, -0.25) is 4.99 Å². The molecule has 2 aromatic heterocycles. The number of ether oxygens (including phenoxy) is 1. The van der Waals surface area contributed by atoms with Gasteiger partial charge in [-0.25, -0.2) is 9.78 Å². The number of carbonyl (C=O) groups is 1. The van der Waals surface area contributed by atoms with Crippen LogP contribution >= 0.6 is 35.3 Å². The van der Waals surface area contributed by atoms with Crippen LogP contribution in [0.1, 0.15) is 38.7 Å². The Labute approximate surface area is 168 Å². The number of hydrogen-bond donors (Lipinski definition) is 2. The Kier molecular flexibility index (Phi) is 8.90. The van der Waals surface area contributed by atoms with Crippen LogP contribution in [0.5, 0.6) is 0 Å². The molecule has 2 rings (SSSR count). The Morgan fingerprint density at radius 3 is 2.72 bits per heavy atom. The lowest BCUT2D eigenvalue weighted by molar-refractivity contribution is 0.0599. The molecule has 0 atom stereocenters. The van der Waals surface area contributed by atoms with E-state index in [1.54, 1.807) is 31.4 Å². The summed E-state index contributed by atoms with van der Waals surface area (Å²) in [5.41, 5.74) is 0.437. The predicted octanol–water partition coefficient (Wildman–Crippen LogP) is 2.88. The van der Waals surface area contributed by atoms with E-state index in [0.29, 0.717) is 36.1 Å². The van der Waals surface area contributed by atoms with Gasteiger partial charge in [0, 0.05) is 18.1 Å². The quantitative estimate of drug-likeness (QED) is 0.287. The van der Waals surface area contributed by atoms with Crippen molar-refractivity contribution in [2.24, 2.45) is 4.99 Å². The Balaban J connectivity index is 0.00000312. The number of aryl methyl sites for hydroxylation is 2. The Bertz CT molecular complexity index is 727. The molecule has 7 nitrogen and oxygen atoms in total. The molecule has 2 heterocycles. The number of furan rings is 1. The minimum absolute atomic E-state index is 0. The molecule has 0 aliphatic carbocycles. The molecular formula is C16H23IN4O3S. The van der Waals surface area contributed by atoms with Crippen molar-refractivity contribution in [3.63, 3.8) is 0 Å². The number of aromatic nitrogens is 1. The van der Waals surface area contributed by atoms with Crippen molar-refractivity contribution in [1.82, 2.24) is 15.6 Å². The van der Waals surface area contributed by atoms with Gasteiger partial charge in [0.25, 0.3) is 0 Å². The van der Waals surface area contributed by atoms with Crippen LogP contribution in [0, 0.1) is 6.92 Å². The molecule has 0 aromatic carbocycles. The first-order chi connectivity index (χ1) is 11.6. The molecule has 9 heteroatoms. The lowest BCUT2D eigenvalue weighted by Crippen LogP contribution is -2.36. The summed E-state index contributed by atoms with van der Waals surface area (Å²) >= 11 is 1.68. The fraction of sp³-hybridized carbons (Fsp3) is 0.438. The Morgan fingerprint density at radius 1 is 1.40 bits per heavy atom. The van der Waals surface area contributed by atoms with Crippen LogP contribution in [0.2, 0.25) is 0 Å². The Hall–Kier alpha value is -1.62. The van der Waals surface area contributed by atoms with E-state index >= 15 is 0 Å². The smallest absolute Gasteiger partial charge is 0.341 e. The molecule has 0 saturated carbocycles. The van der Waals surface area contributed by atoms with Crippen molar-refractivity contribution >= 4 is 47.2 Å². The molecule has 0 bridgehead atoms. The van der Waals surface area contributed by atoms with Gasteiger partial charge in [0.2, 0.25) is 0 Å². The van der Waals surface area contributed by atoms with Crippen LogP contribution in [-0.4, -0.2) is 31.1 Å². The third-order valence-corrected chi connectivity index (χ3v) is 4.53. The van der Waals surface area contributed by atoms with Gasteiger partial charge in [0.15, 0.2) is 5.96 Å². The summed E-state index contributed by atoms with van der Waals surface area (Å²) in [5, 5.41) is 7.36. The molecule has 0 radical (unpaired) electrons. The molecule has 2 N–H and O–H groups in total. The number of hydrogen-bond acceptors (Lipinski definition) is 6. The zero-order chi connectivity index (χ0) is 17.5. The van der Waals surface area contributed by atoms with Gasteiger partial charge in [-0.2, -0.15) is 0 Å². The summed E-state index contributed by atoms with van der Waals surface area (Å²) in [6.07, 6.45) is 2.89. The maximum absolute atomic E-state index is 11.6. The van der Waals surface area contributed by atoms with E-state index in [4.69, 9.17) is 9.15 Å². The highest BCUT2D eigenvalue weighted by Gasteiger charge is 2.15. The zero-order valence-corrected chi connectivity index (χ0v) is 17.9. The van der Waals surface area contributed by atoms with Crippen molar-refractivity contribution in [2.45, 2.75) is 33.4 Å². The van der Waals surface area contributed by atoms with Gasteiger partial charge in [-0.1, -0.05) is 6.92 Å². The number of rotatable bonds is 6. The minimum Gasteiger partial charge on any atom is -0.465 e. The predicted molar refractivity (Wildman–Crippen MR) is 109 cm³/mol. The van der Waals surface area contributed by atoms with Gasteiger partial charge in [-0.05, 0) is 19.4 Å². The van der Waals surface area contributed by atoms with Gasteiger partial charge in [-0.15, -0.1) is 35.3 Å². The number of aliphatic imine (C=N–C) groups is 1. The number of carbonyl (C=O) groups excluding carboxylic acids is 1. The monoisotopic (exact) mass is 478 g/mol. The summed E-state index contributed by atoms with van der Waals surface area (Å²) < 4.78 is 10.3. The molecule has 0 unspecified atom stereocenters. The van der Waals surface area contributed by atoms with Crippen molar-refractivity contribution in [3.8, 4) is 0 Å². The summed E-state index contributed by atoms with van der Waals surface area (Å²) in [5.74, 6) is 1.41. The second-order valence-corrected chi connectivity index (χ2v) is 6.23. The second-order valence-electron chi connectivity index (χ2n) is 5.03. The Morgan fingerprint density at radius 2 is 2.12 bits per heavy atom. The van der Waals surface area contributed by atoms with E-state index < -0.39 is 5.97 Å². The average Bonchev–Trinajstić information content (AvgIpc) is 3.20.